The summed E-state index contributed by atoms with van der Waals surface area (Å²) >= 11 is 0. The van der Waals surface area contributed by atoms with E-state index in [0.29, 0.717) is 5.91 Å². The zero-order chi connectivity index (χ0) is 17.4. The third-order valence-electron chi connectivity index (χ3n) is 6.93. The molecule has 1 aliphatic heterocycles. The molecule has 138 valence electrons. The Morgan fingerprint density at radius 1 is 1.08 bits per heavy atom. The highest BCUT2D eigenvalue weighted by Gasteiger charge is 2.55. The van der Waals surface area contributed by atoms with Gasteiger partial charge >= 0.3 is 6.09 Å². The van der Waals surface area contributed by atoms with E-state index < -0.39 is 0 Å². The number of rotatable bonds is 4. The van der Waals surface area contributed by atoms with Crippen molar-refractivity contribution in [1.29, 1.82) is 0 Å². The summed E-state index contributed by atoms with van der Waals surface area (Å²) in [6.45, 7) is 5.28. The molecule has 0 atom stereocenters. The average molecular weight is 346 g/mol. The predicted octanol–water partition coefficient (Wildman–Crippen LogP) is 3.11. The van der Waals surface area contributed by atoms with Crippen LogP contribution in [-0.2, 0) is 9.53 Å². The molecule has 5 fully saturated rings. The van der Waals surface area contributed by atoms with Crippen molar-refractivity contribution >= 4 is 12.0 Å². The van der Waals surface area contributed by atoms with E-state index in [4.69, 9.17) is 4.74 Å². The first kappa shape index (κ1) is 16.9. The van der Waals surface area contributed by atoms with E-state index in [2.05, 4.69) is 16.8 Å². The van der Waals surface area contributed by atoms with E-state index in [1.54, 1.807) is 6.08 Å². The Labute approximate surface area is 150 Å². The van der Waals surface area contributed by atoms with Crippen molar-refractivity contribution < 1.29 is 14.3 Å². The van der Waals surface area contributed by atoms with E-state index in [9.17, 15) is 9.59 Å². The maximum absolute atomic E-state index is 13.3. The Hall–Kier alpha value is -1.52. The zero-order valence-corrected chi connectivity index (χ0v) is 15.0. The van der Waals surface area contributed by atoms with Crippen LogP contribution in [0, 0.1) is 23.2 Å². The van der Waals surface area contributed by atoms with Crippen LogP contribution in [0.15, 0.2) is 12.7 Å². The van der Waals surface area contributed by atoms with Gasteiger partial charge < -0.3 is 15.0 Å². The topological polar surface area (TPSA) is 58.6 Å². The number of hydrogen-bond donors (Lipinski definition) is 1. The third-order valence-corrected chi connectivity index (χ3v) is 6.93. The summed E-state index contributed by atoms with van der Waals surface area (Å²) < 4.78 is 4.98. The molecule has 4 aliphatic carbocycles. The van der Waals surface area contributed by atoms with Gasteiger partial charge in [0.2, 0.25) is 5.91 Å². The highest BCUT2D eigenvalue weighted by atomic mass is 16.5. The van der Waals surface area contributed by atoms with Crippen LogP contribution in [0.4, 0.5) is 4.79 Å². The van der Waals surface area contributed by atoms with Crippen molar-refractivity contribution in [2.45, 2.75) is 57.4 Å². The molecule has 0 radical (unpaired) electrons. The van der Waals surface area contributed by atoms with Crippen molar-refractivity contribution in [3.05, 3.63) is 12.7 Å². The number of piperidine rings is 1. The maximum atomic E-state index is 13.3. The Balaban J connectivity index is 1.31. The van der Waals surface area contributed by atoms with Gasteiger partial charge in [-0.3, -0.25) is 4.79 Å². The summed E-state index contributed by atoms with van der Waals surface area (Å²) in [6, 6.07) is 0.109. The fourth-order valence-corrected chi connectivity index (χ4v) is 6.28. The molecular formula is C20H30N2O3. The summed E-state index contributed by atoms with van der Waals surface area (Å²) in [5, 5.41) is 2.90. The van der Waals surface area contributed by atoms with Crippen molar-refractivity contribution in [1.82, 2.24) is 10.2 Å². The molecule has 2 amide bonds. The molecule has 0 unspecified atom stereocenters. The monoisotopic (exact) mass is 346 g/mol. The van der Waals surface area contributed by atoms with Crippen molar-refractivity contribution in [3.63, 3.8) is 0 Å². The second-order valence-corrected chi connectivity index (χ2v) is 8.80. The van der Waals surface area contributed by atoms with Gasteiger partial charge in [-0.25, -0.2) is 4.79 Å². The largest absolute Gasteiger partial charge is 0.445 e. The SMILES string of the molecule is C=CCOC(=O)NC1CCN(C(=O)C23CC4CC(CC(C4)C2)C3)CC1. The van der Waals surface area contributed by atoms with E-state index in [0.717, 1.165) is 62.9 Å². The average Bonchev–Trinajstić information content (AvgIpc) is 2.59. The number of carbonyl (C=O) groups is 2. The number of nitrogens with zero attached hydrogens (tertiary/aromatic N) is 1. The number of carbonyl (C=O) groups excluding carboxylic acids is 2. The molecular weight excluding hydrogens is 316 g/mol. The minimum atomic E-state index is -0.384. The summed E-state index contributed by atoms with van der Waals surface area (Å²) in [6.07, 6.45) is 10.3. The number of nitrogens with one attached hydrogen (secondary N) is 1. The van der Waals surface area contributed by atoms with Crippen LogP contribution in [0.2, 0.25) is 0 Å². The molecule has 5 nitrogen and oxygen atoms in total. The molecule has 5 aliphatic rings. The van der Waals surface area contributed by atoms with Gasteiger partial charge in [-0.2, -0.15) is 0 Å². The molecule has 1 N–H and O–H groups in total. The van der Waals surface area contributed by atoms with E-state index >= 15 is 0 Å². The lowest BCUT2D eigenvalue weighted by Gasteiger charge is -2.57. The summed E-state index contributed by atoms with van der Waals surface area (Å²) in [5.41, 5.74) is -0.0437. The number of likely N-dealkylation sites (tertiary alicyclic amines) is 1. The second kappa shape index (κ2) is 6.65. The van der Waals surface area contributed by atoms with Gasteiger partial charge in [-0.15, -0.1) is 0 Å². The summed E-state index contributed by atoms with van der Waals surface area (Å²) in [4.78, 5) is 27.1. The molecule has 0 aromatic heterocycles. The van der Waals surface area contributed by atoms with Gasteiger partial charge in [0.15, 0.2) is 0 Å². The van der Waals surface area contributed by atoms with Gasteiger partial charge in [0.1, 0.15) is 6.61 Å². The lowest BCUT2D eigenvalue weighted by Crippen LogP contribution is -2.56. The highest BCUT2D eigenvalue weighted by molar-refractivity contribution is 5.83. The molecule has 1 saturated heterocycles. The van der Waals surface area contributed by atoms with E-state index in [-0.39, 0.29) is 24.2 Å². The molecule has 5 rings (SSSR count). The lowest BCUT2D eigenvalue weighted by molar-refractivity contribution is -0.158. The Morgan fingerprint density at radius 3 is 2.16 bits per heavy atom. The standard InChI is InChI=1S/C20H30N2O3/c1-2-7-25-19(24)21-17-3-5-22(6-4-17)18(23)20-11-14-8-15(12-20)10-16(9-14)13-20/h2,14-17H,1,3-13H2,(H,21,24). The number of ether oxygens (including phenoxy) is 1. The molecule has 0 aromatic rings. The smallest absolute Gasteiger partial charge is 0.407 e. The quantitative estimate of drug-likeness (QED) is 0.796. The summed E-state index contributed by atoms with van der Waals surface area (Å²) in [5.74, 6) is 2.82. The van der Waals surface area contributed by atoms with Crippen LogP contribution in [0.5, 0.6) is 0 Å². The van der Waals surface area contributed by atoms with Crippen LogP contribution < -0.4 is 5.32 Å². The Morgan fingerprint density at radius 2 is 1.64 bits per heavy atom. The van der Waals surface area contributed by atoms with Crippen LogP contribution >= 0.6 is 0 Å². The van der Waals surface area contributed by atoms with Crippen LogP contribution in [-0.4, -0.2) is 42.6 Å². The van der Waals surface area contributed by atoms with Crippen LogP contribution in [0.3, 0.4) is 0 Å². The normalized spacial score (nSPS) is 37.0. The second-order valence-electron chi connectivity index (χ2n) is 8.80. The summed E-state index contributed by atoms with van der Waals surface area (Å²) in [7, 11) is 0. The number of amides is 2. The Bertz CT molecular complexity index is 516. The molecule has 4 bridgehead atoms. The molecule has 0 spiro atoms. The van der Waals surface area contributed by atoms with Gasteiger partial charge in [0.05, 0.1) is 5.41 Å². The van der Waals surface area contributed by atoms with Gasteiger partial charge in [0.25, 0.3) is 0 Å². The molecule has 5 heteroatoms. The fraction of sp³-hybridized carbons (Fsp3) is 0.800. The van der Waals surface area contributed by atoms with Gasteiger partial charge in [0, 0.05) is 19.1 Å². The molecule has 4 saturated carbocycles. The predicted molar refractivity (Wildman–Crippen MR) is 94.9 cm³/mol. The highest BCUT2D eigenvalue weighted by Crippen LogP contribution is 2.60. The van der Waals surface area contributed by atoms with Crippen LogP contribution in [0.1, 0.15) is 51.4 Å². The fourth-order valence-electron chi connectivity index (χ4n) is 6.28. The minimum Gasteiger partial charge on any atom is -0.445 e. The maximum Gasteiger partial charge on any atom is 0.407 e. The zero-order valence-electron chi connectivity index (χ0n) is 15.0. The lowest BCUT2D eigenvalue weighted by atomic mass is 9.49. The molecule has 25 heavy (non-hydrogen) atoms. The molecule has 1 heterocycles. The van der Waals surface area contributed by atoms with Crippen molar-refractivity contribution in [2.75, 3.05) is 19.7 Å². The van der Waals surface area contributed by atoms with Gasteiger partial charge in [-0.1, -0.05) is 12.7 Å². The number of hydrogen-bond acceptors (Lipinski definition) is 3. The molecule has 0 aromatic carbocycles. The van der Waals surface area contributed by atoms with Crippen molar-refractivity contribution in [3.8, 4) is 0 Å². The number of alkyl carbamates (subject to hydrolysis) is 1. The minimum absolute atomic E-state index is 0.0437. The first-order valence-electron chi connectivity index (χ1n) is 9.91. The van der Waals surface area contributed by atoms with Crippen LogP contribution in [0.25, 0.3) is 0 Å². The third kappa shape index (κ3) is 3.30. The van der Waals surface area contributed by atoms with Gasteiger partial charge in [-0.05, 0) is 69.1 Å². The van der Waals surface area contributed by atoms with E-state index in [1.807, 2.05) is 0 Å². The first-order chi connectivity index (χ1) is 12.1. The Kier molecular flexibility index (Phi) is 4.50. The first-order valence-corrected chi connectivity index (χ1v) is 9.91. The van der Waals surface area contributed by atoms with E-state index in [1.165, 1.54) is 19.3 Å². The van der Waals surface area contributed by atoms with Crippen molar-refractivity contribution in [2.24, 2.45) is 23.2 Å².